The van der Waals surface area contributed by atoms with Gasteiger partial charge in [0.25, 0.3) is 0 Å². The maximum atomic E-state index is 10.8. The predicted molar refractivity (Wildman–Crippen MR) is 101 cm³/mol. The van der Waals surface area contributed by atoms with Crippen LogP contribution in [0.3, 0.4) is 0 Å². The molecule has 0 fully saturated rings. The second-order valence-electron chi connectivity index (χ2n) is 5.52. The second-order valence-corrected chi connectivity index (χ2v) is 6.46. The van der Waals surface area contributed by atoms with Gasteiger partial charge in [-0.1, -0.05) is 11.8 Å². The molecule has 3 aromatic rings. The maximum absolute atomic E-state index is 10.8. The Morgan fingerprint density at radius 3 is 2.79 bits per heavy atom. The van der Waals surface area contributed by atoms with E-state index in [0.717, 1.165) is 11.8 Å². The van der Waals surface area contributed by atoms with E-state index in [1.165, 1.54) is 10.9 Å². The minimum absolute atomic E-state index is 0.274. The Kier molecular flexibility index (Phi) is 5.99. The Labute approximate surface area is 165 Å². The number of methoxy groups -OCH3 is 2. The molecular formula is C18H17N4O5S-. The summed E-state index contributed by atoms with van der Waals surface area (Å²) < 4.78 is 17.3. The van der Waals surface area contributed by atoms with Gasteiger partial charge < -0.3 is 23.8 Å². The summed E-state index contributed by atoms with van der Waals surface area (Å²) in [5, 5.41) is 23.8. The van der Waals surface area contributed by atoms with E-state index in [1.807, 2.05) is 0 Å². The smallest absolute Gasteiger partial charge is 0.212 e. The molecular weight excluding hydrogens is 384 g/mol. The molecule has 2 heterocycles. The van der Waals surface area contributed by atoms with E-state index in [-0.39, 0.29) is 5.75 Å². The number of aryl methyl sites for hydroxylation is 1. The number of hydrogen-bond acceptors (Lipinski definition) is 9. The van der Waals surface area contributed by atoms with Crippen LogP contribution >= 0.6 is 11.8 Å². The Bertz CT molecular complexity index is 1010. The molecule has 0 aliphatic rings. The van der Waals surface area contributed by atoms with Crippen LogP contribution in [-0.4, -0.2) is 47.0 Å². The molecule has 0 aliphatic carbocycles. The van der Waals surface area contributed by atoms with Crippen molar-refractivity contribution < 1.29 is 23.8 Å². The molecule has 2 aromatic heterocycles. The van der Waals surface area contributed by atoms with Gasteiger partial charge in [0, 0.05) is 17.4 Å². The summed E-state index contributed by atoms with van der Waals surface area (Å²) in [4.78, 5) is 10.8. The lowest BCUT2D eigenvalue weighted by atomic mass is 10.2. The molecule has 3 rings (SSSR count). The highest BCUT2D eigenvalue weighted by Gasteiger charge is 2.17. The largest absolute Gasteiger partial charge is 0.549 e. The summed E-state index contributed by atoms with van der Waals surface area (Å²) in [7, 11) is 3.12. The molecule has 0 saturated carbocycles. The number of aromatic nitrogens is 3. The van der Waals surface area contributed by atoms with Crippen molar-refractivity contribution in [3.63, 3.8) is 0 Å². The van der Waals surface area contributed by atoms with Crippen LogP contribution in [0.25, 0.3) is 11.4 Å². The average Bonchev–Trinajstić information content (AvgIpc) is 3.29. The Balaban J connectivity index is 2.01. The van der Waals surface area contributed by atoms with Crippen LogP contribution in [0, 0.1) is 6.92 Å². The number of nitrogens with zero attached hydrogens (tertiary/aromatic N) is 4. The topological polar surface area (TPSA) is 115 Å². The lowest BCUT2D eigenvalue weighted by molar-refractivity contribution is -0.301. The highest BCUT2D eigenvalue weighted by atomic mass is 32.2. The van der Waals surface area contributed by atoms with Crippen LogP contribution in [0.15, 0.2) is 45.2 Å². The molecule has 10 heteroatoms. The molecule has 0 amide bonds. The predicted octanol–water partition coefficient (Wildman–Crippen LogP) is 1.59. The molecule has 0 saturated heterocycles. The molecule has 0 unspecified atom stereocenters. The SMILES string of the molecule is COc1ccc(/C=N\n2c(SCC(=O)[O-])nnc2-c2ccoc2C)c(OC)c1. The molecule has 9 nitrogen and oxygen atoms in total. The molecule has 146 valence electrons. The first-order valence-electron chi connectivity index (χ1n) is 8.12. The molecule has 0 atom stereocenters. The monoisotopic (exact) mass is 401 g/mol. The zero-order chi connectivity index (χ0) is 20.1. The van der Waals surface area contributed by atoms with Crippen LogP contribution < -0.4 is 14.6 Å². The quantitative estimate of drug-likeness (QED) is 0.413. The molecule has 0 N–H and O–H groups in total. The van der Waals surface area contributed by atoms with Crippen molar-refractivity contribution in [3.05, 3.63) is 41.9 Å². The van der Waals surface area contributed by atoms with Crippen LogP contribution in [0.4, 0.5) is 0 Å². The fraction of sp³-hybridized carbons (Fsp3) is 0.222. The summed E-state index contributed by atoms with van der Waals surface area (Å²) in [6.07, 6.45) is 3.11. The maximum Gasteiger partial charge on any atom is 0.212 e. The number of ether oxygens (including phenoxy) is 2. The van der Waals surface area contributed by atoms with E-state index < -0.39 is 5.97 Å². The van der Waals surface area contributed by atoms with Crippen molar-refractivity contribution in [2.24, 2.45) is 5.10 Å². The van der Waals surface area contributed by atoms with Crippen molar-refractivity contribution in [2.75, 3.05) is 20.0 Å². The fourth-order valence-corrected chi connectivity index (χ4v) is 3.01. The number of carboxylic acid groups (broad SMARTS) is 1. The van der Waals surface area contributed by atoms with E-state index in [2.05, 4.69) is 15.3 Å². The third kappa shape index (κ3) is 4.17. The minimum atomic E-state index is -1.21. The first-order chi connectivity index (χ1) is 13.5. The van der Waals surface area contributed by atoms with Gasteiger partial charge in [0.15, 0.2) is 5.82 Å². The third-order valence-corrected chi connectivity index (χ3v) is 4.68. The van der Waals surface area contributed by atoms with Gasteiger partial charge in [0.1, 0.15) is 17.3 Å². The molecule has 0 bridgehead atoms. The Morgan fingerprint density at radius 2 is 2.14 bits per heavy atom. The number of thioether (sulfide) groups is 1. The highest BCUT2D eigenvalue weighted by Crippen LogP contribution is 2.28. The van der Waals surface area contributed by atoms with Gasteiger partial charge in [0.05, 0.1) is 38.2 Å². The summed E-state index contributed by atoms with van der Waals surface area (Å²) in [5.74, 6) is 0.808. The molecule has 0 aliphatic heterocycles. The number of carbonyl (C=O) groups excluding carboxylic acids is 1. The number of rotatable bonds is 8. The number of carboxylic acids is 1. The number of hydrogen-bond donors (Lipinski definition) is 0. The molecule has 0 radical (unpaired) electrons. The number of furan rings is 1. The van der Waals surface area contributed by atoms with Crippen LogP contribution in [0.2, 0.25) is 0 Å². The van der Waals surface area contributed by atoms with Gasteiger partial charge in [-0.05, 0) is 25.1 Å². The summed E-state index contributed by atoms with van der Waals surface area (Å²) in [6.45, 7) is 1.79. The third-order valence-electron chi connectivity index (χ3n) is 3.78. The van der Waals surface area contributed by atoms with Crippen LogP contribution in [0.5, 0.6) is 11.5 Å². The lowest BCUT2D eigenvalue weighted by Crippen LogP contribution is -2.24. The zero-order valence-corrected chi connectivity index (χ0v) is 16.2. The fourth-order valence-electron chi connectivity index (χ4n) is 2.41. The average molecular weight is 401 g/mol. The summed E-state index contributed by atoms with van der Waals surface area (Å²) in [6, 6.07) is 7.05. The van der Waals surface area contributed by atoms with Gasteiger partial charge in [-0.25, -0.2) is 0 Å². The van der Waals surface area contributed by atoms with Gasteiger partial charge >= 0.3 is 0 Å². The van der Waals surface area contributed by atoms with Gasteiger partial charge in [0.2, 0.25) is 5.16 Å². The van der Waals surface area contributed by atoms with Crippen molar-refractivity contribution in [1.82, 2.24) is 14.9 Å². The first-order valence-corrected chi connectivity index (χ1v) is 9.11. The van der Waals surface area contributed by atoms with E-state index in [0.29, 0.717) is 39.4 Å². The number of aliphatic carboxylic acids is 1. The number of carbonyl (C=O) groups is 1. The van der Waals surface area contributed by atoms with E-state index in [4.69, 9.17) is 13.9 Å². The lowest BCUT2D eigenvalue weighted by Gasteiger charge is -2.08. The van der Waals surface area contributed by atoms with Crippen molar-refractivity contribution in [3.8, 4) is 22.9 Å². The Hall–Kier alpha value is -3.27. The molecule has 1 aromatic carbocycles. The van der Waals surface area contributed by atoms with E-state index in [1.54, 1.807) is 51.6 Å². The standard InChI is InChI=1S/C18H18N4O5S/c1-11-14(6-7-27-11)17-20-21-18(28-10-16(23)24)22(17)19-9-12-4-5-13(25-2)8-15(12)26-3/h4-9H,10H2,1-3H3,(H,23,24)/p-1/b19-9-. The Morgan fingerprint density at radius 1 is 1.32 bits per heavy atom. The van der Waals surface area contributed by atoms with E-state index >= 15 is 0 Å². The minimum Gasteiger partial charge on any atom is -0.549 e. The van der Waals surface area contributed by atoms with Crippen molar-refractivity contribution in [2.45, 2.75) is 12.1 Å². The summed E-state index contributed by atoms with van der Waals surface area (Å²) in [5.41, 5.74) is 1.40. The van der Waals surface area contributed by atoms with Gasteiger partial charge in [-0.15, -0.1) is 10.2 Å². The first kappa shape index (κ1) is 19.5. The molecule has 0 spiro atoms. The molecule has 28 heavy (non-hydrogen) atoms. The van der Waals surface area contributed by atoms with Crippen molar-refractivity contribution >= 4 is 23.9 Å². The highest BCUT2D eigenvalue weighted by molar-refractivity contribution is 7.99. The van der Waals surface area contributed by atoms with E-state index in [9.17, 15) is 9.90 Å². The van der Waals surface area contributed by atoms with Crippen molar-refractivity contribution in [1.29, 1.82) is 0 Å². The summed E-state index contributed by atoms with van der Waals surface area (Å²) >= 11 is 0.962. The normalized spacial score (nSPS) is 11.1. The second kappa shape index (κ2) is 8.61. The van der Waals surface area contributed by atoms with Crippen LogP contribution in [0.1, 0.15) is 11.3 Å². The zero-order valence-electron chi connectivity index (χ0n) is 15.4. The van der Waals surface area contributed by atoms with Gasteiger partial charge in [-0.2, -0.15) is 9.78 Å². The number of benzene rings is 1. The van der Waals surface area contributed by atoms with Crippen LogP contribution in [-0.2, 0) is 4.79 Å². The van der Waals surface area contributed by atoms with Gasteiger partial charge in [-0.3, -0.25) is 0 Å².